The zero-order valence-corrected chi connectivity index (χ0v) is 26.4. The third-order valence-electron chi connectivity index (χ3n) is 6.54. The van der Waals surface area contributed by atoms with Gasteiger partial charge in [0.15, 0.2) is 9.84 Å². The lowest BCUT2D eigenvalue weighted by molar-refractivity contribution is -0.120. The second-order valence-corrected chi connectivity index (χ2v) is 15.7. The number of rotatable bonds is 7. The van der Waals surface area contributed by atoms with Crippen molar-refractivity contribution < 1.29 is 31.7 Å². The summed E-state index contributed by atoms with van der Waals surface area (Å²) in [4.78, 5) is 32.6. The first-order valence-corrected chi connectivity index (χ1v) is 16.2. The highest BCUT2D eigenvalue weighted by atomic mass is 35.5. The molecule has 10 nitrogen and oxygen atoms in total. The zero-order chi connectivity index (χ0) is 31.0. The van der Waals surface area contributed by atoms with E-state index in [0.29, 0.717) is 15.6 Å². The summed E-state index contributed by atoms with van der Waals surface area (Å²) in [5.41, 5.74) is 0.327. The number of ether oxygens (including phenoxy) is 1. The number of sulfone groups is 1. The van der Waals surface area contributed by atoms with E-state index in [0.717, 1.165) is 11.8 Å². The van der Waals surface area contributed by atoms with Gasteiger partial charge in [0.1, 0.15) is 17.5 Å². The van der Waals surface area contributed by atoms with Gasteiger partial charge in [0.25, 0.3) is 5.91 Å². The number of fused-ring (bicyclic) bond motifs is 1. The van der Waals surface area contributed by atoms with E-state index >= 15 is 4.39 Å². The summed E-state index contributed by atoms with van der Waals surface area (Å²) in [5, 5.41) is 7.06. The predicted molar refractivity (Wildman–Crippen MR) is 159 cm³/mol. The Hall–Kier alpha value is -3.16. The van der Waals surface area contributed by atoms with Gasteiger partial charge < -0.3 is 19.5 Å². The summed E-state index contributed by atoms with van der Waals surface area (Å²) in [7, 11) is -3.45. The Balaban J connectivity index is 1.72. The second kappa shape index (κ2) is 11.8. The standard InChI is InChI=1S/C28H32ClFN4O6S2/c1-27(2,3)39-26(36)31-20-15-41-22-12-19(30)18(24-32-23(40-33-24)13-28(4,5)42(6,37)38)11-21(22)34(25(20)35)14-16-7-9-17(29)10-8-16/h7-12,20H,13-15H2,1-6H3,(H,31,36)/t20-/m0/s1. The van der Waals surface area contributed by atoms with Crippen molar-refractivity contribution in [2.24, 2.45) is 0 Å². The van der Waals surface area contributed by atoms with Gasteiger partial charge >= 0.3 is 6.09 Å². The van der Waals surface area contributed by atoms with E-state index < -0.39 is 44.0 Å². The Morgan fingerprint density at radius 1 is 1.21 bits per heavy atom. The van der Waals surface area contributed by atoms with E-state index in [2.05, 4.69) is 15.5 Å². The van der Waals surface area contributed by atoms with E-state index in [4.69, 9.17) is 20.9 Å². The summed E-state index contributed by atoms with van der Waals surface area (Å²) in [5.74, 6) is -1.02. The minimum atomic E-state index is -3.45. The lowest BCUT2D eigenvalue weighted by Gasteiger charge is -2.27. The lowest BCUT2D eigenvalue weighted by atomic mass is 10.1. The number of carbonyl (C=O) groups is 2. The number of anilines is 1. The van der Waals surface area contributed by atoms with Crippen LogP contribution in [0.4, 0.5) is 14.9 Å². The van der Waals surface area contributed by atoms with E-state index in [1.54, 1.807) is 45.0 Å². The fourth-order valence-electron chi connectivity index (χ4n) is 4.01. The summed E-state index contributed by atoms with van der Waals surface area (Å²) < 4.78 is 49.2. The van der Waals surface area contributed by atoms with Gasteiger partial charge in [-0.15, -0.1) is 11.8 Å². The fraction of sp³-hybridized carbons (Fsp3) is 0.429. The van der Waals surface area contributed by atoms with Gasteiger partial charge in [0, 0.05) is 28.3 Å². The van der Waals surface area contributed by atoms with Gasteiger partial charge in [-0.05, 0) is 64.4 Å². The molecule has 2 aromatic carbocycles. The maximum Gasteiger partial charge on any atom is 0.408 e. The molecule has 1 atom stereocenters. The van der Waals surface area contributed by atoms with Crippen molar-refractivity contribution in [3.63, 3.8) is 0 Å². The number of thioether (sulfide) groups is 1. The van der Waals surface area contributed by atoms with Crippen LogP contribution >= 0.6 is 23.4 Å². The topological polar surface area (TPSA) is 132 Å². The number of amides is 2. The molecule has 0 fully saturated rings. The van der Waals surface area contributed by atoms with Crippen LogP contribution in [0.15, 0.2) is 45.8 Å². The quantitative estimate of drug-likeness (QED) is 0.360. The summed E-state index contributed by atoms with van der Waals surface area (Å²) in [6.07, 6.45) is 0.299. The maximum atomic E-state index is 15.5. The average Bonchev–Trinajstić information content (AvgIpc) is 3.27. The molecule has 2 amide bonds. The van der Waals surface area contributed by atoms with Crippen LogP contribution in [0.2, 0.25) is 5.02 Å². The molecule has 3 aromatic rings. The molecule has 42 heavy (non-hydrogen) atoms. The van der Waals surface area contributed by atoms with Gasteiger partial charge in [-0.1, -0.05) is 28.9 Å². The van der Waals surface area contributed by atoms with Gasteiger partial charge in [-0.3, -0.25) is 4.79 Å². The molecule has 226 valence electrons. The van der Waals surface area contributed by atoms with Gasteiger partial charge in [0.2, 0.25) is 11.7 Å². The van der Waals surface area contributed by atoms with Crippen LogP contribution in [0.25, 0.3) is 11.4 Å². The summed E-state index contributed by atoms with van der Waals surface area (Å²) in [6.45, 7) is 8.32. The Morgan fingerprint density at radius 3 is 2.50 bits per heavy atom. The van der Waals surface area contributed by atoms with Gasteiger partial charge in [-0.25, -0.2) is 17.6 Å². The largest absolute Gasteiger partial charge is 0.444 e. The molecule has 1 aliphatic rings. The third kappa shape index (κ3) is 7.42. The van der Waals surface area contributed by atoms with Crippen molar-refractivity contribution in [1.82, 2.24) is 15.5 Å². The zero-order valence-electron chi connectivity index (χ0n) is 24.0. The number of alkyl carbamates (subject to hydrolysis) is 1. The molecule has 14 heteroatoms. The molecule has 0 bridgehead atoms. The van der Waals surface area contributed by atoms with Gasteiger partial charge in [0.05, 0.1) is 22.5 Å². The monoisotopic (exact) mass is 638 g/mol. The van der Waals surface area contributed by atoms with Crippen molar-refractivity contribution in [2.75, 3.05) is 16.9 Å². The van der Waals surface area contributed by atoms with Crippen molar-refractivity contribution in [1.29, 1.82) is 0 Å². The fourth-order valence-corrected chi connectivity index (χ4v) is 5.60. The minimum Gasteiger partial charge on any atom is -0.444 e. The van der Waals surface area contributed by atoms with Crippen LogP contribution in [0, 0.1) is 5.82 Å². The van der Waals surface area contributed by atoms with Crippen LogP contribution in [-0.4, -0.2) is 59.0 Å². The van der Waals surface area contributed by atoms with Crippen LogP contribution in [0.1, 0.15) is 46.1 Å². The van der Waals surface area contributed by atoms with E-state index in [1.807, 2.05) is 0 Å². The molecule has 1 N–H and O–H groups in total. The molecule has 0 aliphatic carbocycles. The van der Waals surface area contributed by atoms with E-state index in [-0.39, 0.29) is 36.0 Å². The Labute approximate surface area is 253 Å². The molecule has 0 saturated carbocycles. The molecule has 0 radical (unpaired) electrons. The molecule has 2 heterocycles. The number of aromatic nitrogens is 2. The molecular weight excluding hydrogens is 607 g/mol. The number of nitrogens with one attached hydrogen (secondary N) is 1. The molecule has 0 saturated heterocycles. The lowest BCUT2D eigenvalue weighted by Crippen LogP contribution is -2.50. The van der Waals surface area contributed by atoms with Crippen LogP contribution < -0.4 is 10.2 Å². The van der Waals surface area contributed by atoms with Crippen LogP contribution in [-0.2, 0) is 32.3 Å². The number of hydrogen-bond acceptors (Lipinski definition) is 9. The predicted octanol–water partition coefficient (Wildman–Crippen LogP) is 5.43. The Bertz CT molecular complexity index is 1600. The highest BCUT2D eigenvalue weighted by molar-refractivity contribution is 7.99. The molecule has 0 unspecified atom stereocenters. The van der Waals surface area contributed by atoms with Crippen LogP contribution in [0.5, 0.6) is 0 Å². The number of nitrogens with zero attached hydrogens (tertiary/aromatic N) is 3. The van der Waals surface area contributed by atoms with Crippen molar-refractivity contribution in [2.45, 2.75) is 68.9 Å². The molecule has 4 rings (SSSR count). The molecule has 1 aromatic heterocycles. The smallest absolute Gasteiger partial charge is 0.408 e. The van der Waals surface area contributed by atoms with E-state index in [1.165, 1.54) is 42.6 Å². The van der Waals surface area contributed by atoms with E-state index in [9.17, 15) is 18.0 Å². The first-order valence-electron chi connectivity index (χ1n) is 13.0. The number of carbonyl (C=O) groups excluding carboxylic acids is 2. The van der Waals surface area contributed by atoms with Crippen molar-refractivity contribution in [3.05, 3.63) is 58.7 Å². The summed E-state index contributed by atoms with van der Waals surface area (Å²) >= 11 is 7.26. The second-order valence-electron chi connectivity index (χ2n) is 11.6. The number of hydrogen-bond donors (Lipinski definition) is 1. The maximum absolute atomic E-state index is 15.5. The SMILES string of the molecule is CC(C)(C)OC(=O)N[C@H]1CSc2cc(F)c(-c3noc(CC(C)(C)S(C)(=O)=O)n3)cc2N(Cc2ccc(Cl)cc2)C1=O. The first kappa shape index (κ1) is 31.8. The minimum absolute atomic E-state index is 0.0277. The molecular formula is C28H32ClFN4O6S2. The normalized spacial score (nSPS) is 16.1. The van der Waals surface area contributed by atoms with Gasteiger partial charge in [-0.2, -0.15) is 4.98 Å². The highest BCUT2D eigenvalue weighted by Crippen LogP contribution is 2.39. The van der Waals surface area contributed by atoms with Crippen LogP contribution in [0.3, 0.4) is 0 Å². The van der Waals surface area contributed by atoms with Crippen molar-refractivity contribution >= 4 is 50.9 Å². The Kier molecular flexibility index (Phi) is 8.96. The third-order valence-corrected chi connectivity index (χ3v) is 10.1. The number of benzene rings is 2. The highest BCUT2D eigenvalue weighted by Gasteiger charge is 2.35. The Morgan fingerprint density at radius 2 is 1.88 bits per heavy atom. The van der Waals surface area contributed by atoms with Crippen molar-refractivity contribution in [3.8, 4) is 11.4 Å². The number of halogens is 2. The summed E-state index contributed by atoms with van der Waals surface area (Å²) in [6, 6.07) is 8.69. The first-order chi connectivity index (χ1) is 19.4. The molecule has 1 aliphatic heterocycles. The molecule has 0 spiro atoms. The average molecular weight is 639 g/mol.